The van der Waals surface area contributed by atoms with E-state index in [4.69, 9.17) is 0 Å². The van der Waals surface area contributed by atoms with Crippen molar-refractivity contribution >= 4 is 26.8 Å². The predicted molar refractivity (Wildman–Crippen MR) is 75.3 cm³/mol. The van der Waals surface area contributed by atoms with Crippen LogP contribution in [-0.4, -0.2) is 17.2 Å². The van der Waals surface area contributed by atoms with Crippen molar-refractivity contribution in [3.8, 4) is 0 Å². The molecule has 1 saturated heterocycles. The number of aryl methyl sites for hydroxylation is 1. The predicted octanol–water partition coefficient (Wildman–Crippen LogP) is 3.24. The van der Waals surface area contributed by atoms with Crippen molar-refractivity contribution in [3.05, 3.63) is 34.4 Å². The minimum Gasteiger partial charge on any atom is -0.349 e. The molecule has 0 amide bonds. The van der Waals surface area contributed by atoms with Crippen molar-refractivity contribution in [2.75, 3.05) is 6.54 Å². The Hall–Kier alpha value is -0.800. The van der Waals surface area contributed by atoms with Crippen molar-refractivity contribution < 1.29 is 0 Å². The summed E-state index contributed by atoms with van der Waals surface area (Å²) >= 11 is 3.60. The second-order valence-corrected chi connectivity index (χ2v) is 5.79. The molecule has 0 aliphatic carbocycles. The topological polar surface area (TPSA) is 17.0 Å². The first-order valence-corrected chi connectivity index (χ1v) is 7.00. The summed E-state index contributed by atoms with van der Waals surface area (Å²) in [6, 6.07) is 7.48. The molecule has 3 heteroatoms. The molecule has 90 valence electrons. The van der Waals surface area contributed by atoms with Gasteiger partial charge in [-0.1, -0.05) is 12.1 Å². The van der Waals surface area contributed by atoms with Gasteiger partial charge in [0.05, 0.1) is 0 Å². The summed E-state index contributed by atoms with van der Waals surface area (Å²) in [5, 5.41) is 4.86. The lowest BCUT2D eigenvalue weighted by Gasteiger charge is -2.10. The number of rotatable bonds is 2. The van der Waals surface area contributed by atoms with Crippen LogP contribution >= 0.6 is 15.9 Å². The van der Waals surface area contributed by atoms with Crippen LogP contribution in [0.5, 0.6) is 0 Å². The molecule has 3 rings (SSSR count). The molecule has 0 spiro atoms. The molecule has 1 aromatic carbocycles. The molecule has 1 fully saturated rings. The maximum Gasteiger partial charge on any atom is 0.0492 e. The van der Waals surface area contributed by atoms with E-state index in [1.165, 1.54) is 40.3 Å². The number of nitrogens with zero attached hydrogens (tertiary/aromatic N) is 1. The highest BCUT2D eigenvalue weighted by Gasteiger charge is 2.15. The van der Waals surface area contributed by atoms with Crippen LogP contribution in [0.2, 0.25) is 0 Å². The van der Waals surface area contributed by atoms with Crippen molar-refractivity contribution in [2.45, 2.75) is 25.3 Å². The zero-order chi connectivity index (χ0) is 11.8. The van der Waals surface area contributed by atoms with Gasteiger partial charge in [0.2, 0.25) is 0 Å². The lowest BCUT2D eigenvalue weighted by Crippen LogP contribution is -2.23. The Morgan fingerprint density at radius 2 is 2.35 bits per heavy atom. The summed E-state index contributed by atoms with van der Waals surface area (Å²) in [7, 11) is 2.10. The van der Waals surface area contributed by atoms with Crippen LogP contribution in [0.1, 0.15) is 18.4 Å². The number of hydrogen-bond acceptors (Lipinski definition) is 1. The van der Waals surface area contributed by atoms with Crippen LogP contribution in [0.4, 0.5) is 0 Å². The largest absolute Gasteiger partial charge is 0.349 e. The van der Waals surface area contributed by atoms with E-state index in [0.29, 0.717) is 6.04 Å². The van der Waals surface area contributed by atoms with E-state index in [9.17, 15) is 0 Å². The highest BCUT2D eigenvalue weighted by molar-refractivity contribution is 9.10. The first-order valence-electron chi connectivity index (χ1n) is 6.21. The Balaban J connectivity index is 1.92. The Morgan fingerprint density at radius 3 is 3.12 bits per heavy atom. The molecule has 0 bridgehead atoms. The SMILES string of the molecule is Cn1cc(Br)c2ccc(CC3CCCN3)cc21. The number of halogens is 1. The fourth-order valence-corrected chi connectivity index (χ4v) is 3.36. The Morgan fingerprint density at radius 1 is 1.47 bits per heavy atom. The highest BCUT2D eigenvalue weighted by atomic mass is 79.9. The Bertz CT molecular complexity index is 538. The van der Waals surface area contributed by atoms with Gasteiger partial charge in [0, 0.05) is 34.7 Å². The van der Waals surface area contributed by atoms with Crippen LogP contribution in [0.15, 0.2) is 28.9 Å². The van der Waals surface area contributed by atoms with Crippen molar-refractivity contribution in [3.63, 3.8) is 0 Å². The molecule has 0 radical (unpaired) electrons. The van der Waals surface area contributed by atoms with Crippen LogP contribution in [0.3, 0.4) is 0 Å². The fraction of sp³-hybridized carbons (Fsp3) is 0.429. The molecular formula is C14H17BrN2. The first kappa shape index (κ1) is 11.3. The van der Waals surface area contributed by atoms with E-state index in [1.54, 1.807) is 0 Å². The van der Waals surface area contributed by atoms with E-state index < -0.39 is 0 Å². The van der Waals surface area contributed by atoms with Gasteiger partial charge < -0.3 is 9.88 Å². The van der Waals surface area contributed by atoms with Crippen molar-refractivity contribution in [1.82, 2.24) is 9.88 Å². The third kappa shape index (κ3) is 2.14. The molecule has 0 saturated carbocycles. The molecule has 1 N–H and O–H groups in total. The summed E-state index contributed by atoms with van der Waals surface area (Å²) in [6.07, 6.45) is 5.92. The standard InChI is InChI=1S/C14H17BrN2/c1-17-9-13(15)12-5-4-10(8-14(12)17)7-11-3-2-6-16-11/h4-5,8-9,11,16H,2-3,6-7H2,1H3. The molecule has 1 aliphatic heterocycles. The number of fused-ring (bicyclic) bond motifs is 1. The van der Waals surface area contributed by atoms with E-state index in [-0.39, 0.29) is 0 Å². The van der Waals surface area contributed by atoms with Crippen LogP contribution < -0.4 is 5.32 Å². The second-order valence-electron chi connectivity index (χ2n) is 4.94. The van der Waals surface area contributed by atoms with Crippen LogP contribution in [0, 0.1) is 0 Å². The monoisotopic (exact) mass is 292 g/mol. The zero-order valence-corrected chi connectivity index (χ0v) is 11.6. The average molecular weight is 293 g/mol. The van der Waals surface area contributed by atoms with E-state index in [2.05, 4.69) is 57.3 Å². The maximum atomic E-state index is 3.60. The van der Waals surface area contributed by atoms with Gasteiger partial charge in [-0.3, -0.25) is 0 Å². The summed E-state index contributed by atoms with van der Waals surface area (Å²) in [6.45, 7) is 1.18. The van der Waals surface area contributed by atoms with E-state index in [0.717, 1.165) is 6.42 Å². The third-order valence-corrected chi connectivity index (χ3v) is 4.28. The number of nitrogens with one attached hydrogen (secondary N) is 1. The first-order chi connectivity index (χ1) is 8.24. The van der Waals surface area contributed by atoms with Crippen molar-refractivity contribution in [1.29, 1.82) is 0 Å². The number of hydrogen-bond donors (Lipinski definition) is 1. The Labute approximate surface area is 110 Å². The van der Waals surface area contributed by atoms with Crippen LogP contribution in [-0.2, 0) is 13.5 Å². The maximum absolute atomic E-state index is 3.60. The number of benzene rings is 1. The van der Waals surface area contributed by atoms with Gasteiger partial charge in [0.25, 0.3) is 0 Å². The van der Waals surface area contributed by atoms with Crippen LogP contribution in [0.25, 0.3) is 10.9 Å². The lowest BCUT2D eigenvalue weighted by atomic mass is 10.0. The zero-order valence-electron chi connectivity index (χ0n) is 10.0. The van der Waals surface area contributed by atoms with E-state index in [1.807, 2.05) is 0 Å². The molecule has 1 aliphatic rings. The lowest BCUT2D eigenvalue weighted by molar-refractivity contribution is 0.603. The Kier molecular flexibility index (Phi) is 2.97. The number of aromatic nitrogens is 1. The molecule has 1 aromatic heterocycles. The molecule has 1 unspecified atom stereocenters. The second kappa shape index (κ2) is 4.46. The van der Waals surface area contributed by atoms with Gasteiger partial charge >= 0.3 is 0 Å². The molecule has 2 nitrogen and oxygen atoms in total. The summed E-state index contributed by atoms with van der Waals surface area (Å²) < 4.78 is 3.37. The molecule has 1 atom stereocenters. The average Bonchev–Trinajstić information content (AvgIpc) is 2.89. The third-order valence-electron chi connectivity index (χ3n) is 3.65. The van der Waals surface area contributed by atoms with E-state index >= 15 is 0 Å². The molecular weight excluding hydrogens is 276 g/mol. The summed E-state index contributed by atoms with van der Waals surface area (Å²) in [4.78, 5) is 0. The molecule has 2 aromatic rings. The van der Waals surface area contributed by atoms with Gasteiger partial charge in [0.1, 0.15) is 0 Å². The van der Waals surface area contributed by atoms with Gasteiger partial charge in [-0.15, -0.1) is 0 Å². The smallest absolute Gasteiger partial charge is 0.0492 e. The van der Waals surface area contributed by atoms with Gasteiger partial charge in [0.15, 0.2) is 0 Å². The van der Waals surface area contributed by atoms with Gasteiger partial charge in [-0.2, -0.15) is 0 Å². The minimum atomic E-state index is 0.677. The quantitative estimate of drug-likeness (QED) is 0.899. The summed E-state index contributed by atoms with van der Waals surface area (Å²) in [5.74, 6) is 0. The normalized spacial score (nSPS) is 20.2. The highest BCUT2D eigenvalue weighted by Crippen LogP contribution is 2.27. The van der Waals surface area contributed by atoms with Gasteiger partial charge in [-0.05, 0) is 53.4 Å². The van der Waals surface area contributed by atoms with Gasteiger partial charge in [-0.25, -0.2) is 0 Å². The van der Waals surface area contributed by atoms with Crippen molar-refractivity contribution in [2.24, 2.45) is 7.05 Å². The molecule has 17 heavy (non-hydrogen) atoms. The summed E-state index contributed by atoms with van der Waals surface area (Å²) in [5.41, 5.74) is 2.75. The minimum absolute atomic E-state index is 0.677. The molecule has 2 heterocycles. The fourth-order valence-electron chi connectivity index (χ4n) is 2.72.